The fraction of sp³-hybridized carbons (Fsp3) is 0.344. The molecule has 0 unspecified atom stereocenters. The fourth-order valence-corrected chi connectivity index (χ4v) is 7.61. The second-order valence-electron chi connectivity index (χ2n) is 11.4. The molecule has 4 aliphatic rings. The summed E-state index contributed by atoms with van der Waals surface area (Å²) in [6.45, 7) is 8.53. The Morgan fingerprint density at radius 3 is 2.12 bits per heavy atom. The molecule has 1 nitrogen and oxygen atoms in total. The average molecular weight is 431 g/mol. The largest absolute Gasteiger partial charge is 0.228 e. The van der Waals surface area contributed by atoms with Gasteiger partial charge in [-0.2, -0.15) is 0 Å². The van der Waals surface area contributed by atoms with Crippen LogP contribution in [0.1, 0.15) is 44.7 Å². The molecule has 1 heteroatoms. The van der Waals surface area contributed by atoms with E-state index >= 15 is 0 Å². The van der Waals surface area contributed by atoms with Crippen LogP contribution in [0.2, 0.25) is 0 Å². The van der Waals surface area contributed by atoms with Crippen molar-refractivity contribution in [3.8, 4) is 11.1 Å². The van der Waals surface area contributed by atoms with Crippen LogP contribution >= 0.6 is 0 Å². The maximum atomic E-state index is 2.72. The molecular weight excluding hydrogens is 398 g/mol. The lowest BCUT2D eigenvalue weighted by Crippen LogP contribution is -2.59. The van der Waals surface area contributed by atoms with Crippen molar-refractivity contribution in [3.63, 3.8) is 0 Å². The quantitative estimate of drug-likeness (QED) is 0.272. The summed E-state index contributed by atoms with van der Waals surface area (Å²) in [5.41, 5.74) is 6.20. The number of rotatable bonds is 1. The van der Waals surface area contributed by atoms with Crippen LogP contribution in [0.4, 0.5) is 0 Å². The number of nitrogens with zero attached hydrogens (tertiary/aromatic N) is 1. The smallest absolute Gasteiger partial charge is 0.171 e. The molecule has 8 rings (SSSR count). The first-order valence-corrected chi connectivity index (χ1v) is 12.7. The molecule has 2 bridgehead atoms. The molecule has 164 valence electrons. The molecule has 3 aliphatic carbocycles. The summed E-state index contributed by atoms with van der Waals surface area (Å²) in [6.07, 6.45) is 5.27. The van der Waals surface area contributed by atoms with E-state index in [-0.39, 0.29) is 0 Å². The summed E-state index contributed by atoms with van der Waals surface area (Å²) in [5.74, 6) is 2.45. The summed E-state index contributed by atoms with van der Waals surface area (Å²) < 4.78 is 2.72. The highest BCUT2D eigenvalue weighted by molar-refractivity contribution is 6.11. The fourth-order valence-electron chi connectivity index (χ4n) is 7.61. The zero-order valence-corrected chi connectivity index (χ0v) is 19.9. The molecule has 4 aromatic rings. The molecule has 0 aromatic heterocycles. The van der Waals surface area contributed by atoms with Gasteiger partial charge < -0.3 is 0 Å². The van der Waals surface area contributed by atoms with Crippen molar-refractivity contribution in [2.45, 2.75) is 46.2 Å². The molecule has 1 heterocycles. The predicted octanol–water partition coefficient (Wildman–Crippen LogP) is 7.68. The molecule has 0 saturated heterocycles. The Hall–Kier alpha value is -2.93. The summed E-state index contributed by atoms with van der Waals surface area (Å²) in [4.78, 5) is 0. The van der Waals surface area contributed by atoms with Gasteiger partial charge in [-0.05, 0) is 51.3 Å². The Bertz CT molecular complexity index is 1460. The van der Waals surface area contributed by atoms with E-state index in [1.807, 2.05) is 0 Å². The van der Waals surface area contributed by atoms with Crippen LogP contribution in [0.3, 0.4) is 0 Å². The van der Waals surface area contributed by atoms with Crippen molar-refractivity contribution >= 4 is 27.8 Å². The standard InChI is InChI=1S/C32H32N/c1-20-28-16-25(32(28,2)3)17-29(20)33-18-23-14-12-21-8-4-6-10-26(21)30(23)31-24(19-33)15-13-22-9-5-7-11-27(22)31/h4-15,18,20,25,28-29H,16-17,19H2,1-3H3/q+1/t20-,25+,28-,29-/m1/s1. The molecule has 3 saturated carbocycles. The van der Waals surface area contributed by atoms with E-state index in [4.69, 9.17) is 0 Å². The number of hydrogen-bond donors (Lipinski definition) is 0. The summed E-state index contributed by atoms with van der Waals surface area (Å²) in [6, 6.07) is 27.8. The van der Waals surface area contributed by atoms with Crippen LogP contribution in [-0.4, -0.2) is 16.8 Å². The van der Waals surface area contributed by atoms with Crippen LogP contribution in [-0.2, 0) is 6.54 Å². The molecular formula is C32H32N+. The molecule has 0 spiro atoms. The summed E-state index contributed by atoms with van der Waals surface area (Å²) in [7, 11) is 0. The SMILES string of the molecule is C[C@H]1[C@H]([N+]2=Cc3ccc4ccccc4c3-c3c(ccc4ccccc34)C2)C[C@@H]2C[C@H]1C2(C)C. The monoisotopic (exact) mass is 430 g/mol. The van der Waals surface area contributed by atoms with Gasteiger partial charge in [0.05, 0.1) is 0 Å². The van der Waals surface area contributed by atoms with Gasteiger partial charge in [-0.1, -0.05) is 87.5 Å². The van der Waals surface area contributed by atoms with Crippen molar-refractivity contribution in [1.29, 1.82) is 0 Å². The number of hydrogen-bond acceptors (Lipinski definition) is 0. The maximum Gasteiger partial charge on any atom is 0.171 e. The second kappa shape index (κ2) is 6.79. The van der Waals surface area contributed by atoms with E-state index in [2.05, 4.69) is 104 Å². The molecule has 4 atom stereocenters. The highest BCUT2D eigenvalue weighted by Gasteiger charge is 2.59. The van der Waals surface area contributed by atoms with Gasteiger partial charge in [0, 0.05) is 34.6 Å². The van der Waals surface area contributed by atoms with Crippen LogP contribution in [0.25, 0.3) is 32.7 Å². The molecule has 4 aromatic carbocycles. The summed E-state index contributed by atoms with van der Waals surface area (Å²) >= 11 is 0. The topological polar surface area (TPSA) is 3.01 Å². The Balaban J connectivity index is 1.48. The summed E-state index contributed by atoms with van der Waals surface area (Å²) in [5, 5.41) is 5.40. The average Bonchev–Trinajstić information content (AvgIpc) is 3.01. The predicted molar refractivity (Wildman–Crippen MR) is 139 cm³/mol. The van der Waals surface area contributed by atoms with E-state index in [0.717, 1.165) is 24.3 Å². The van der Waals surface area contributed by atoms with Gasteiger partial charge in [-0.25, -0.2) is 4.58 Å². The van der Waals surface area contributed by atoms with Crippen molar-refractivity contribution < 1.29 is 4.58 Å². The third-order valence-electron chi connectivity index (χ3n) is 9.62. The Kier molecular flexibility index (Phi) is 4.02. The Morgan fingerprint density at radius 2 is 1.42 bits per heavy atom. The minimum Gasteiger partial charge on any atom is -0.228 e. The van der Waals surface area contributed by atoms with Crippen molar-refractivity contribution in [3.05, 3.63) is 83.9 Å². The van der Waals surface area contributed by atoms with Crippen molar-refractivity contribution in [2.24, 2.45) is 23.2 Å². The molecule has 0 N–H and O–H groups in total. The van der Waals surface area contributed by atoms with E-state index in [9.17, 15) is 0 Å². The van der Waals surface area contributed by atoms with Gasteiger partial charge in [0.25, 0.3) is 0 Å². The van der Waals surface area contributed by atoms with Crippen molar-refractivity contribution in [1.82, 2.24) is 0 Å². The maximum absolute atomic E-state index is 2.72. The van der Waals surface area contributed by atoms with Gasteiger partial charge in [0.15, 0.2) is 18.8 Å². The number of benzene rings is 4. The van der Waals surface area contributed by atoms with Gasteiger partial charge in [0.1, 0.15) is 0 Å². The normalized spacial score (nSPS) is 27.3. The van der Waals surface area contributed by atoms with Gasteiger partial charge >= 0.3 is 0 Å². The van der Waals surface area contributed by atoms with E-state index < -0.39 is 0 Å². The third kappa shape index (κ3) is 2.69. The lowest BCUT2D eigenvalue weighted by atomic mass is 9.44. The first-order valence-electron chi connectivity index (χ1n) is 12.7. The van der Waals surface area contributed by atoms with Gasteiger partial charge in [0.2, 0.25) is 0 Å². The second-order valence-corrected chi connectivity index (χ2v) is 11.4. The molecule has 0 radical (unpaired) electrons. The first kappa shape index (κ1) is 19.5. The minimum absolute atomic E-state index is 0.518. The molecule has 1 aliphatic heterocycles. The Morgan fingerprint density at radius 1 is 0.758 bits per heavy atom. The zero-order valence-electron chi connectivity index (χ0n) is 19.9. The zero-order chi connectivity index (χ0) is 22.3. The lowest BCUT2D eigenvalue weighted by molar-refractivity contribution is -0.597. The highest BCUT2D eigenvalue weighted by Crippen LogP contribution is 2.61. The van der Waals surface area contributed by atoms with Crippen LogP contribution < -0.4 is 0 Å². The lowest BCUT2D eigenvalue weighted by Gasteiger charge is -2.60. The van der Waals surface area contributed by atoms with Crippen LogP contribution in [0.15, 0.2) is 72.8 Å². The third-order valence-corrected chi connectivity index (χ3v) is 9.62. The molecule has 3 fully saturated rings. The molecule has 0 amide bonds. The highest BCUT2D eigenvalue weighted by atomic mass is 15.1. The Labute approximate surface area is 196 Å². The van der Waals surface area contributed by atoms with Gasteiger partial charge in [-0.3, -0.25) is 0 Å². The van der Waals surface area contributed by atoms with Crippen LogP contribution in [0, 0.1) is 23.2 Å². The minimum atomic E-state index is 0.518. The van der Waals surface area contributed by atoms with E-state index in [1.165, 1.54) is 56.6 Å². The number of fused-ring (bicyclic) bond motifs is 9. The van der Waals surface area contributed by atoms with Crippen molar-refractivity contribution in [2.75, 3.05) is 0 Å². The van der Waals surface area contributed by atoms with Crippen LogP contribution in [0.5, 0.6) is 0 Å². The molecule has 33 heavy (non-hydrogen) atoms. The van der Waals surface area contributed by atoms with Gasteiger partial charge in [-0.15, -0.1) is 0 Å². The van der Waals surface area contributed by atoms with E-state index in [0.29, 0.717) is 11.5 Å². The van der Waals surface area contributed by atoms with E-state index in [1.54, 1.807) is 0 Å². The first-order chi connectivity index (χ1) is 16.0.